The van der Waals surface area contributed by atoms with Gasteiger partial charge in [-0.25, -0.2) is 9.50 Å². The second-order valence-corrected chi connectivity index (χ2v) is 9.45. The van der Waals surface area contributed by atoms with E-state index in [4.69, 9.17) is 20.3 Å². The minimum absolute atomic E-state index is 0.192. The van der Waals surface area contributed by atoms with Gasteiger partial charge in [0.25, 0.3) is 5.91 Å². The van der Waals surface area contributed by atoms with Crippen molar-refractivity contribution in [1.82, 2.24) is 24.9 Å². The average molecular weight is 577 g/mol. The number of aryl methyl sites for hydroxylation is 1. The molecule has 5 rings (SSSR count). The first kappa shape index (κ1) is 28.4. The molecule has 9 nitrogen and oxygen atoms in total. The zero-order chi connectivity index (χ0) is 29.9. The van der Waals surface area contributed by atoms with Gasteiger partial charge in [0.1, 0.15) is 5.82 Å². The first-order chi connectivity index (χ1) is 20.2. The highest BCUT2D eigenvalue weighted by molar-refractivity contribution is 5.93. The van der Waals surface area contributed by atoms with Crippen LogP contribution < -0.4 is 20.5 Å². The number of amides is 1. The van der Waals surface area contributed by atoms with Crippen molar-refractivity contribution in [3.63, 3.8) is 0 Å². The van der Waals surface area contributed by atoms with Crippen LogP contribution >= 0.6 is 0 Å². The topological polar surface area (TPSA) is 117 Å². The van der Waals surface area contributed by atoms with Gasteiger partial charge in [-0.15, -0.1) is 0 Å². The Bertz CT molecular complexity index is 1740. The molecule has 0 fully saturated rings. The van der Waals surface area contributed by atoms with E-state index in [-0.39, 0.29) is 11.5 Å². The molecule has 0 atom stereocenters. The number of methoxy groups -OCH3 is 1. The van der Waals surface area contributed by atoms with Crippen LogP contribution in [0.25, 0.3) is 28.0 Å². The Labute approximate surface area is 239 Å². The second-order valence-electron chi connectivity index (χ2n) is 9.45. The summed E-state index contributed by atoms with van der Waals surface area (Å²) in [5, 5.41) is 7.58. The Kier molecular flexibility index (Phi) is 7.96. The molecule has 42 heavy (non-hydrogen) atoms. The lowest BCUT2D eigenvalue weighted by Crippen LogP contribution is -2.25. The minimum Gasteiger partial charge on any atom is -0.493 e. The van der Waals surface area contributed by atoms with Gasteiger partial charge >= 0.3 is 6.18 Å². The molecule has 0 saturated heterocycles. The number of halogens is 3. The SMILES string of the molecule is COc1ccc(-c2ccc3cc(C)c(-c4cnc(N)c(C(F)(F)F)c4)n3n2)cc1OCCCNC(=O)c1ccncc1. The number of rotatable bonds is 9. The zero-order valence-corrected chi connectivity index (χ0v) is 22.8. The third kappa shape index (κ3) is 5.97. The van der Waals surface area contributed by atoms with Crippen LogP contribution in [0.1, 0.15) is 27.9 Å². The molecule has 0 spiro atoms. The Hall–Kier alpha value is -5.13. The number of nitrogens with one attached hydrogen (secondary N) is 1. The summed E-state index contributed by atoms with van der Waals surface area (Å²) in [4.78, 5) is 19.9. The van der Waals surface area contributed by atoms with E-state index >= 15 is 0 Å². The highest BCUT2D eigenvalue weighted by Crippen LogP contribution is 2.37. The molecule has 3 N–H and O–H groups in total. The van der Waals surface area contributed by atoms with E-state index < -0.39 is 17.6 Å². The standard InChI is InChI=1S/C30H27F3N6O3/c1-18-14-22-5-6-24(38-39(22)27(18)21-15-23(30(31,32)33)28(34)37-17-21)20-4-7-25(41-2)26(16-20)42-13-3-10-36-29(40)19-8-11-35-12-9-19/h4-9,11-12,14-17H,3,10,13H2,1-2H3,(H2,34,37)(H,36,40). The molecule has 216 valence electrons. The van der Waals surface area contributed by atoms with Crippen molar-refractivity contribution in [3.8, 4) is 34.0 Å². The number of hydrogen-bond acceptors (Lipinski definition) is 7. The van der Waals surface area contributed by atoms with Gasteiger partial charge in [-0.1, -0.05) is 0 Å². The molecule has 4 aromatic heterocycles. The molecule has 0 saturated carbocycles. The molecule has 0 aliphatic carbocycles. The Morgan fingerprint density at radius 3 is 2.55 bits per heavy atom. The number of pyridine rings is 2. The van der Waals surface area contributed by atoms with Crippen LogP contribution in [0.5, 0.6) is 11.5 Å². The summed E-state index contributed by atoms with van der Waals surface area (Å²) in [6.07, 6.45) is 0.335. The third-order valence-electron chi connectivity index (χ3n) is 6.58. The third-order valence-corrected chi connectivity index (χ3v) is 6.58. The van der Waals surface area contributed by atoms with Gasteiger partial charge in [-0.3, -0.25) is 9.78 Å². The number of carbonyl (C=O) groups excluding carboxylic acids is 1. The molecule has 1 aromatic carbocycles. The predicted molar refractivity (Wildman–Crippen MR) is 151 cm³/mol. The highest BCUT2D eigenvalue weighted by Gasteiger charge is 2.34. The summed E-state index contributed by atoms with van der Waals surface area (Å²) in [6.45, 7) is 2.52. The van der Waals surface area contributed by atoms with Crippen molar-refractivity contribution in [1.29, 1.82) is 0 Å². The van der Waals surface area contributed by atoms with Gasteiger partial charge < -0.3 is 20.5 Å². The summed E-state index contributed by atoms with van der Waals surface area (Å²) in [5.74, 6) is 0.229. The first-order valence-corrected chi connectivity index (χ1v) is 13.0. The Balaban J connectivity index is 1.37. The van der Waals surface area contributed by atoms with Crippen LogP contribution in [0.4, 0.5) is 19.0 Å². The van der Waals surface area contributed by atoms with Gasteiger partial charge in [-0.05, 0) is 73.5 Å². The molecule has 0 aliphatic heterocycles. The number of nitrogens with two attached hydrogens (primary N) is 1. The number of ether oxygens (including phenoxy) is 2. The van der Waals surface area contributed by atoms with E-state index in [1.54, 1.807) is 48.1 Å². The van der Waals surface area contributed by atoms with Crippen molar-refractivity contribution in [2.45, 2.75) is 19.5 Å². The zero-order valence-electron chi connectivity index (χ0n) is 22.8. The van der Waals surface area contributed by atoms with E-state index in [2.05, 4.69) is 15.3 Å². The lowest BCUT2D eigenvalue weighted by molar-refractivity contribution is -0.137. The molecule has 4 heterocycles. The molecule has 0 aliphatic rings. The smallest absolute Gasteiger partial charge is 0.419 e. The maximum absolute atomic E-state index is 13.5. The molecule has 5 aromatic rings. The quantitative estimate of drug-likeness (QED) is 0.220. The number of carbonyl (C=O) groups is 1. The summed E-state index contributed by atoms with van der Waals surface area (Å²) in [7, 11) is 1.53. The lowest BCUT2D eigenvalue weighted by atomic mass is 10.1. The second kappa shape index (κ2) is 11.8. The van der Waals surface area contributed by atoms with Crippen molar-refractivity contribution in [2.24, 2.45) is 0 Å². The summed E-state index contributed by atoms with van der Waals surface area (Å²) < 4.78 is 53.6. The molecule has 0 radical (unpaired) electrons. The normalized spacial score (nSPS) is 11.5. The largest absolute Gasteiger partial charge is 0.493 e. The van der Waals surface area contributed by atoms with Crippen molar-refractivity contribution in [2.75, 3.05) is 26.0 Å². The monoisotopic (exact) mass is 576 g/mol. The van der Waals surface area contributed by atoms with E-state index in [9.17, 15) is 18.0 Å². The van der Waals surface area contributed by atoms with Crippen molar-refractivity contribution < 1.29 is 27.4 Å². The van der Waals surface area contributed by atoms with Crippen molar-refractivity contribution >= 4 is 17.2 Å². The van der Waals surface area contributed by atoms with E-state index in [0.717, 1.165) is 11.6 Å². The van der Waals surface area contributed by atoms with Gasteiger partial charge in [0.05, 0.1) is 36.2 Å². The lowest BCUT2D eigenvalue weighted by Gasteiger charge is -2.13. The van der Waals surface area contributed by atoms with E-state index in [0.29, 0.717) is 59.1 Å². The summed E-state index contributed by atoms with van der Waals surface area (Å²) in [5.41, 5.74) is 8.47. The maximum Gasteiger partial charge on any atom is 0.419 e. The van der Waals surface area contributed by atoms with Crippen molar-refractivity contribution in [3.05, 3.63) is 89.9 Å². The fourth-order valence-corrected chi connectivity index (χ4v) is 4.53. The van der Waals surface area contributed by atoms with Gasteiger partial charge in [-0.2, -0.15) is 18.3 Å². The number of benzene rings is 1. The van der Waals surface area contributed by atoms with Gasteiger partial charge in [0.15, 0.2) is 11.5 Å². The van der Waals surface area contributed by atoms with Crippen LogP contribution in [0, 0.1) is 6.92 Å². The van der Waals surface area contributed by atoms with Gasteiger partial charge in [0, 0.05) is 41.8 Å². The molecule has 12 heteroatoms. The van der Waals surface area contributed by atoms with E-state index in [1.165, 1.54) is 13.3 Å². The minimum atomic E-state index is -4.64. The van der Waals surface area contributed by atoms with Crippen LogP contribution in [-0.4, -0.2) is 45.8 Å². The molecule has 0 unspecified atom stereocenters. The number of anilines is 1. The summed E-state index contributed by atoms with van der Waals surface area (Å²) >= 11 is 0. The number of alkyl halides is 3. The number of aromatic nitrogens is 4. The fourth-order valence-electron chi connectivity index (χ4n) is 4.53. The number of fused-ring (bicyclic) bond motifs is 1. The van der Waals surface area contributed by atoms with Crippen LogP contribution in [-0.2, 0) is 6.18 Å². The number of hydrogen-bond donors (Lipinski definition) is 2. The predicted octanol–water partition coefficient (Wildman–Crippen LogP) is 5.58. The van der Waals surface area contributed by atoms with Gasteiger partial charge in [0.2, 0.25) is 0 Å². The molecular formula is C30H27F3N6O3. The fraction of sp³-hybridized carbons (Fsp3) is 0.200. The van der Waals surface area contributed by atoms with Crippen LogP contribution in [0.3, 0.4) is 0 Å². The Morgan fingerprint density at radius 2 is 1.81 bits per heavy atom. The first-order valence-electron chi connectivity index (χ1n) is 13.0. The number of nitrogens with zero attached hydrogens (tertiary/aromatic N) is 4. The summed E-state index contributed by atoms with van der Waals surface area (Å²) in [6, 6.07) is 15.1. The van der Waals surface area contributed by atoms with Crippen LogP contribution in [0.15, 0.2) is 73.2 Å². The molecular weight excluding hydrogens is 549 g/mol. The Morgan fingerprint density at radius 1 is 1.02 bits per heavy atom. The number of nitrogen functional groups attached to an aromatic ring is 1. The van der Waals surface area contributed by atoms with E-state index in [1.807, 2.05) is 24.3 Å². The maximum atomic E-state index is 13.5. The molecule has 1 amide bonds. The average Bonchev–Trinajstić information content (AvgIpc) is 3.31. The highest BCUT2D eigenvalue weighted by atomic mass is 19.4. The molecule has 0 bridgehead atoms. The van der Waals surface area contributed by atoms with Crippen LogP contribution in [0.2, 0.25) is 0 Å².